The zero-order chi connectivity index (χ0) is 6.00. The fourth-order valence-corrected chi connectivity index (χ4v) is 0. The van der Waals surface area contributed by atoms with Gasteiger partial charge in [-0.2, -0.15) is 0 Å². The Balaban J connectivity index is -0.00000000900. The quantitative estimate of drug-likeness (QED) is 0.360. The van der Waals surface area contributed by atoms with E-state index in [0.717, 1.165) is 21.3 Å². The van der Waals surface area contributed by atoms with Crippen molar-refractivity contribution in [2.24, 2.45) is 0 Å². The van der Waals surface area contributed by atoms with Gasteiger partial charge < -0.3 is 15.3 Å². The molecule has 0 spiro atoms. The standard InChI is InChI=1S/3CH4O.AsH3/c3*1-2;/h3*2H,1H3;1H3. The Morgan fingerprint density at radius 1 is 0.571 bits per heavy atom. The Hall–Kier alpha value is 0.438. The molecule has 1 atom stereocenters. The van der Waals surface area contributed by atoms with E-state index in [2.05, 4.69) is 0 Å². The van der Waals surface area contributed by atoms with Crippen LogP contribution >= 0.6 is 0 Å². The third kappa shape index (κ3) is 660. The Morgan fingerprint density at radius 2 is 0.571 bits per heavy atom. The van der Waals surface area contributed by atoms with E-state index in [1.54, 1.807) is 0 Å². The Kier molecular flexibility index (Phi) is 3690. The molecule has 0 aliphatic carbocycles. The number of aliphatic hydroxyl groups is 3. The SMILES string of the molecule is CO.CO.CO.[AsH3]. The van der Waals surface area contributed by atoms with Crippen molar-refractivity contribution in [3.8, 4) is 0 Å². The summed E-state index contributed by atoms with van der Waals surface area (Å²) in [6.45, 7) is 0. The maximum atomic E-state index is 7.00. The number of hydrogen-bond acceptors (Lipinski definition) is 3. The summed E-state index contributed by atoms with van der Waals surface area (Å²) in [5, 5.41) is 21.0. The van der Waals surface area contributed by atoms with Crippen molar-refractivity contribution in [2.45, 2.75) is 0 Å². The van der Waals surface area contributed by atoms with E-state index in [1.807, 2.05) is 0 Å². The molecule has 0 heterocycles. The van der Waals surface area contributed by atoms with Crippen LogP contribution in [0.2, 0.25) is 0 Å². The van der Waals surface area contributed by atoms with Crippen LogP contribution in [-0.4, -0.2) is 54.6 Å². The third-order valence-electron chi connectivity index (χ3n) is 0. The number of rotatable bonds is 0. The molecule has 0 aromatic carbocycles. The molecule has 0 saturated carbocycles. The van der Waals surface area contributed by atoms with Crippen molar-refractivity contribution >= 4 is 18.0 Å². The van der Waals surface area contributed by atoms with Crippen LogP contribution in [0, 0.1) is 0 Å². The van der Waals surface area contributed by atoms with Crippen LogP contribution in [0.5, 0.6) is 0 Å². The Labute approximate surface area is 55.3 Å². The van der Waals surface area contributed by atoms with Crippen LogP contribution in [0.15, 0.2) is 0 Å². The minimum absolute atomic E-state index is 0. The predicted octanol–water partition coefficient (Wildman–Crippen LogP) is -2.36. The monoisotopic (exact) mass is 174 g/mol. The first-order chi connectivity index (χ1) is 3.00. The third-order valence-corrected chi connectivity index (χ3v) is 0. The first-order valence-corrected chi connectivity index (χ1v) is 1.34. The Morgan fingerprint density at radius 3 is 0.571 bits per heavy atom. The normalized spacial score (nSPS) is 2.57. The summed E-state index contributed by atoms with van der Waals surface area (Å²) in [7, 11) is 3.00. The molecule has 3 nitrogen and oxygen atoms in total. The summed E-state index contributed by atoms with van der Waals surface area (Å²) in [4.78, 5) is 0. The van der Waals surface area contributed by atoms with Gasteiger partial charge in [-0.3, -0.25) is 0 Å². The van der Waals surface area contributed by atoms with Crippen LogP contribution in [0.3, 0.4) is 0 Å². The molecular weight excluding hydrogens is 159 g/mol. The molecule has 7 heavy (non-hydrogen) atoms. The van der Waals surface area contributed by atoms with E-state index in [9.17, 15) is 0 Å². The second-order valence-corrected chi connectivity index (χ2v) is 0. The molecule has 0 aromatic heterocycles. The molecule has 4 heteroatoms. The van der Waals surface area contributed by atoms with Crippen molar-refractivity contribution in [3.05, 3.63) is 0 Å². The predicted molar refractivity (Wildman–Crippen MR) is 34.4 cm³/mol. The summed E-state index contributed by atoms with van der Waals surface area (Å²) in [5.41, 5.74) is 0. The summed E-state index contributed by atoms with van der Waals surface area (Å²) in [6.07, 6.45) is 0. The minimum atomic E-state index is 0. The van der Waals surface area contributed by atoms with Gasteiger partial charge in [0, 0.05) is 21.3 Å². The van der Waals surface area contributed by atoms with Crippen LogP contribution in [0.25, 0.3) is 0 Å². The maximum absolute atomic E-state index is 7.00. The molecule has 50 valence electrons. The van der Waals surface area contributed by atoms with Crippen molar-refractivity contribution in [2.75, 3.05) is 21.3 Å². The number of hydrogen-bond donors (Lipinski definition) is 3. The van der Waals surface area contributed by atoms with E-state index in [0.29, 0.717) is 0 Å². The fraction of sp³-hybridized carbons (Fsp3) is 1.00. The second-order valence-electron chi connectivity index (χ2n) is 0. The number of aliphatic hydroxyl groups excluding tert-OH is 3. The molecule has 3 N–H and O–H groups in total. The molecule has 0 radical (unpaired) electrons. The van der Waals surface area contributed by atoms with Gasteiger partial charge in [0.1, 0.15) is 0 Å². The summed E-state index contributed by atoms with van der Waals surface area (Å²) in [6, 6.07) is 0. The molecule has 0 fully saturated rings. The van der Waals surface area contributed by atoms with E-state index in [1.165, 1.54) is 0 Å². The second kappa shape index (κ2) is 991. The first-order valence-electron chi connectivity index (χ1n) is 1.34. The first kappa shape index (κ1) is 26.1. The average molecular weight is 174 g/mol. The van der Waals surface area contributed by atoms with Gasteiger partial charge in [-0.1, -0.05) is 0 Å². The molecule has 0 aliphatic rings. The molecule has 0 aromatic rings. The van der Waals surface area contributed by atoms with E-state index in [-0.39, 0.29) is 18.0 Å². The van der Waals surface area contributed by atoms with Gasteiger partial charge in [-0.15, -0.1) is 0 Å². The Bertz CT molecular complexity index is 10.1. The van der Waals surface area contributed by atoms with Gasteiger partial charge in [0.2, 0.25) is 0 Å². The van der Waals surface area contributed by atoms with Gasteiger partial charge in [-0.05, 0) is 0 Å². The molecule has 0 saturated heterocycles. The molecule has 1 unspecified atom stereocenters. The van der Waals surface area contributed by atoms with Gasteiger partial charge in [-0.25, -0.2) is 0 Å². The van der Waals surface area contributed by atoms with Gasteiger partial charge >= 0.3 is 18.0 Å². The summed E-state index contributed by atoms with van der Waals surface area (Å²) >= 11 is 0. The van der Waals surface area contributed by atoms with Crippen molar-refractivity contribution in [3.63, 3.8) is 0 Å². The topological polar surface area (TPSA) is 60.7 Å². The van der Waals surface area contributed by atoms with E-state index in [4.69, 9.17) is 15.3 Å². The van der Waals surface area contributed by atoms with Crippen molar-refractivity contribution in [1.82, 2.24) is 0 Å². The van der Waals surface area contributed by atoms with Gasteiger partial charge in [0.25, 0.3) is 0 Å². The molecule has 0 rings (SSSR count). The molecule has 0 aliphatic heterocycles. The van der Waals surface area contributed by atoms with Crippen LogP contribution in [-0.2, 0) is 0 Å². The van der Waals surface area contributed by atoms with Crippen LogP contribution < -0.4 is 0 Å². The van der Waals surface area contributed by atoms with Gasteiger partial charge in [0.05, 0.1) is 0 Å². The zero-order valence-corrected chi connectivity index (χ0v) is 8.02. The van der Waals surface area contributed by atoms with Gasteiger partial charge in [0.15, 0.2) is 0 Å². The van der Waals surface area contributed by atoms with E-state index < -0.39 is 0 Å². The van der Waals surface area contributed by atoms with Crippen molar-refractivity contribution in [1.29, 1.82) is 0 Å². The van der Waals surface area contributed by atoms with Crippen molar-refractivity contribution < 1.29 is 15.3 Å². The van der Waals surface area contributed by atoms with Crippen LogP contribution in [0.4, 0.5) is 0 Å². The molecule has 0 amide bonds. The average Bonchev–Trinajstić information content (AvgIpc) is 1.81. The zero-order valence-electron chi connectivity index (χ0n) is 5.05. The summed E-state index contributed by atoms with van der Waals surface area (Å²) < 4.78 is 0. The molecule has 0 bridgehead atoms. The van der Waals surface area contributed by atoms with E-state index >= 15 is 0 Å². The fourth-order valence-electron chi connectivity index (χ4n) is 0. The molecular formula is C3H15AsO3. The summed E-state index contributed by atoms with van der Waals surface area (Å²) in [5.74, 6) is 0. The van der Waals surface area contributed by atoms with Crippen LogP contribution in [0.1, 0.15) is 0 Å².